The molecule has 3 aromatic carbocycles. The first kappa shape index (κ1) is 22.1. The van der Waals surface area contributed by atoms with Crippen LogP contribution >= 0.6 is 0 Å². The van der Waals surface area contributed by atoms with Crippen LogP contribution in [0.15, 0.2) is 72.9 Å². The minimum atomic E-state index is -0.792. The largest absolute Gasteiger partial charge is 0.485 e. The number of benzene rings is 3. The van der Waals surface area contributed by atoms with Crippen LogP contribution in [0.25, 0.3) is 5.69 Å². The summed E-state index contributed by atoms with van der Waals surface area (Å²) < 4.78 is 61.2. The zero-order valence-electron chi connectivity index (χ0n) is 17.1. The molecule has 0 aliphatic rings. The molecule has 0 fully saturated rings. The first-order chi connectivity index (χ1) is 15.9. The number of carbonyl (C=O) groups excluding carboxylic acids is 1. The Bertz CT molecular complexity index is 1250. The van der Waals surface area contributed by atoms with Gasteiger partial charge in [0.2, 0.25) is 0 Å². The molecule has 1 heterocycles. The lowest BCUT2D eigenvalue weighted by molar-refractivity contribution is 0.0940. The van der Waals surface area contributed by atoms with Crippen molar-refractivity contribution in [3.63, 3.8) is 0 Å². The molecule has 0 saturated carbocycles. The Kier molecular flexibility index (Phi) is 6.39. The van der Waals surface area contributed by atoms with Crippen LogP contribution in [-0.4, -0.2) is 15.7 Å². The van der Waals surface area contributed by atoms with Gasteiger partial charge in [0.15, 0.2) is 11.4 Å². The molecule has 0 atom stereocenters. The van der Waals surface area contributed by atoms with E-state index in [-0.39, 0.29) is 23.6 Å². The maximum atomic E-state index is 13.9. The lowest BCUT2D eigenvalue weighted by atomic mass is 10.2. The highest BCUT2D eigenvalue weighted by Crippen LogP contribution is 2.22. The summed E-state index contributed by atoms with van der Waals surface area (Å²) in [7, 11) is 0. The number of aromatic nitrogens is 2. The van der Waals surface area contributed by atoms with Crippen LogP contribution in [0.1, 0.15) is 21.6 Å². The summed E-state index contributed by atoms with van der Waals surface area (Å²) in [4.78, 5) is 12.8. The summed E-state index contributed by atoms with van der Waals surface area (Å²) >= 11 is 0. The summed E-state index contributed by atoms with van der Waals surface area (Å²) in [6.45, 7) is -0.393. The molecule has 0 unspecified atom stereocenters. The second-order valence-corrected chi connectivity index (χ2v) is 7.06. The lowest BCUT2D eigenvalue weighted by Gasteiger charge is -2.08. The number of rotatable bonds is 7. The third kappa shape index (κ3) is 5.20. The maximum Gasteiger partial charge on any atom is 0.275 e. The second kappa shape index (κ2) is 9.56. The van der Waals surface area contributed by atoms with Gasteiger partial charge in [-0.3, -0.25) is 4.79 Å². The topological polar surface area (TPSA) is 56.2 Å². The normalized spacial score (nSPS) is 10.8. The third-order valence-electron chi connectivity index (χ3n) is 4.78. The van der Waals surface area contributed by atoms with Gasteiger partial charge in [-0.15, -0.1) is 0 Å². The van der Waals surface area contributed by atoms with Crippen molar-refractivity contribution < 1.29 is 27.1 Å². The van der Waals surface area contributed by atoms with E-state index in [1.165, 1.54) is 65.5 Å². The molecule has 33 heavy (non-hydrogen) atoms. The summed E-state index contributed by atoms with van der Waals surface area (Å²) in [5, 5.41) is 6.64. The number of amides is 1. The van der Waals surface area contributed by atoms with Crippen LogP contribution in [-0.2, 0) is 13.2 Å². The minimum Gasteiger partial charge on any atom is -0.485 e. The van der Waals surface area contributed by atoms with Crippen molar-refractivity contribution in [2.24, 2.45) is 0 Å². The highest BCUT2D eigenvalue weighted by atomic mass is 19.1. The third-order valence-corrected chi connectivity index (χ3v) is 4.78. The fraction of sp³-hybridized carbons (Fsp3) is 0.0833. The van der Waals surface area contributed by atoms with Gasteiger partial charge < -0.3 is 10.1 Å². The zero-order valence-corrected chi connectivity index (χ0v) is 17.1. The van der Waals surface area contributed by atoms with Gasteiger partial charge in [-0.2, -0.15) is 5.10 Å². The molecule has 0 radical (unpaired) electrons. The number of nitrogens with one attached hydrogen (secondary N) is 1. The average molecular weight is 455 g/mol. The van der Waals surface area contributed by atoms with Crippen molar-refractivity contribution in [1.29, 1.82) is 0 Å². The molecule has 4 aromatic rings. The molecule has 0 aliphatic carbocycles. The molecule has 0 spiro atoms. The maximum absolute atomic E-state index is 13.9. The fourth-order valence-electron chi connectivity index (χ4n) is 3.04. The first-order valence-corrected chi connectivity index (χ1v) is 9.84. The van der Waals surface area contributed by atoms with E-state index in [4.69, 9.17) is 4.74 Å². The molecule has 5 nitrogen and oxygen atoms in total. The van der Waals surface area contributed by atoms with Gasteiger partial charge in [0.1, 0.15) is 29.9 Å². The molecular weight excluding hydrogens is 438 g/mol. The van der Waals surface area contributed by atoms with Crippen molar-refractivity contribution in [2.45, 2.75) is 13.2 Å². The Morgan fingerprint density at radius 3 is 2.12 bits per heavy atom. The van der Waals surface area contributed by atoms with Crippen LogP contribution in [0, 0.1) is 23.3 Å². The molecule has 0 bridgehead atoms. The Hall–Kier alpha value is -4.14. The molecule has 0 aliphatic heterocycles. The zero-order chi connectivity index (χ0) is 23.4. The molecule has 168 valence electrons. The Morgan fingerprint density at radius 1 is 0.879 bits per heavy atom. The van der Waals surface area contributed by atoms with E-state index in [0.29, 0.717) is 11.3 Å². The minimum absolute atomic E-state index is 0.0115. The Morgan fingerprint density at radius 2 is 1.48 bits per heavy atom. The number of hydrogen-bond acceptors (Lipinski definition) is 3. The number of ether oxygens (including phenoxy) is 1. The van der Waals surface area contributed by atoms with E-state index >= 15 is 0 Å². The molecule has 4 rings (SSSR count). The van der Waals surface area contributed by atoms with Crippen molar-refractivity contribution in [2.75, 3.05) is 0 Å². The molecule has 1 N–H and O–H groups in total. The molecular formula is C24H17F4N3O2. The number of halogens is 4. The number of carbonyl (C=O) groups is 1. The van der Waals surface area contributed by atoms with E-state index < -0.39 is 35.7 Å². The van der Waals surface area contributed by atoms with E-state index in [1.54, 1.807) is 0 Å². The van der Waals surface area contributed by atoms with Gasteiger partial charge >= 0.3 is 0 Å². The summed E-state index contributed by atoms with van der Waals surface area (Å²) in [6, 6.07) is 14.4. The van der Waals surface area contributed by atoms with Crippen LogP contribution in [0.3, 0.4) is 0 Å². The predicted molar refractivity (Wildman–Crippen MR) is 112 cm³/mol. The molecule has 1 aromatic heterocycles. The van der Waals surface area contributed by atoms with Crippen LogP contribution in [0.5, 0.6) is 5.75 Å². The Balaban J connectivity index is 1.58. The summed E-state index contributed by atoms with van der Waals surface area (Å²) in [5.74, 6) is -3.07. The SMILES string of the molecule is O=C(NCc1c(F)cccc1F)c1nn(-c2ccc(F)cc2)cc1OCc1ccc(F)cc1. The van der Waals surface area contributed by atoms with E-state index in [0.717, 1.165) is 12.1 Å². The smallest absolute Gasteiger partial charge is 0.275 e. The van der Waals surface area contributed by atoms with Crippen LogP contribution in [0.2, 0.25) is 0 Å². The first-order valence-electron chi connectivity index (χ1n) is 9.84. The fourth-order valence-corrected chi connectivity index (χ4v) is 3.04. The molecule has 0 saturated heterocycles. The predicted octanol–water partition coefficient (Wildman–Crippen LogP) is 4.94. The summed E-state index contributed by atoms with van der Waals surface area (Å²) in [6.07, 6.45) is 1.43. The summed E-state index contributed by atoms with van der Waals surface area (Å²) in [5.41, 5.74) is 0.670. The van der Waals surface area contributed by atoms with Gasteiger partial charge in [0.05, 0.1) is 11.9 Å². The second-order valence-electron chi connectivity index (χ2n) is 7.06. The van der Waals surface area contributed by atoms with Gasteiger partial charge in [0.25, 0.3) is 5.91 Å². The van der Waals surface area contributed by atoms with E-state index in [2.05, 4.69) is 10.4 Å². The monoisotopic (exact) mass is 455 g/mol. The quantitative estimate of drug-likeness (QED) is 0.402. The van der Waals surface area contributed by atoms with E-state index in [9.17, 15) is 22.4 Å². The standard InChI is InChI=1S/C24H17F4N3O2/c25-16-6-4-15(5-7-16)14-33-22-13-31(18-10-8-17(26)9-11-18)30-23(22)24(32)29-12-19-20(27)2-1-3-21(19)28/h1-11,13H,12,14H2,(H,29,32). The lowest BCUT2D eigenvalue weighted by Crippen LogP contribution is -2.25. The van der Waals surface area contributed by atoms with Gasteiger partial charge in [-0.25, -0.2) is 22.2 Å². The number of hydrogen-bond donors (Lipinski definition) is 1. The van der Waals surface area contributed by atoms with Crippen molar-refractivity contribution in [3.8, 4) is 11.4 Å². The van der Waals surface area contributed by atoms with Crippen molar-refractivity contribution >= 4 is 5.91 Å². The Labute approximate surface area is 186 Å². The van der Waals surface area contributed by atoms with Gasteiger partial charge in [-0.05, 0) is 54.1 Å². The average Bonchev–Trinajstić information content (AvgIpc) is 3.23. The van der Waals surface area contributed by atoms with E-state index in [1.807, 2.05) is 0 Å². The van der Waals surface area contributed by atoms with Crippen molar-refractivity contribution in [1.82, 2.24) is 15.1 Å². The van der Waals surface area contributed by atoms with Crippen LogP contribution in [0.4, 0.5) is 17.6 Å². The van der Waals surface area contributed by atoms with Crippen molar-refractivity contribution in [3.05, 3.63) is 113 Å². The highest BCUT2D eigenvalue weighted by Gasteiger charge is 2.20. The highest BCUT2D eigenvalue weighted by molar-refractivity contribution is 5.94. The molecule has 1 amide bonds. The number of nitrogens with zero attached hydrogens (tertiary/aromatic N) is 2. The van der Waals surface area contributed by atoms with Gasteiger partial charge in [0, 0.05) is 12.1 Å². The van der Waals surface area contributed by atoms with Gasteiger partial charge in [-0.1, -0.05) is 18.2 Å². The van der Waals surface area contributed by atoms with Crippen LogP contribution < -0.4 is 10.1 Å². The molecule has 9 heteroatoms.